The smallest absolute Gasteiger partial charge is 0.475 e. The molecule has 1 unspecified atom stereocenters. The topological polar surface area (TPSA) is 109 Å². The fourth-order valence-corrected chi connectivity index (χ4v) is 3.09. The molecule has 0 spiro atoms. The van der Waals surface area contributed by atoms with Crippen LogP contribution in [0, 0.1) is 0 Å². The molecule has 1 aromatic carbocycles. The number of nitrogens with one attached hydrogen (secondary N) is 2. The summed E-state index contributed by atoms with van der Waals surface area (Å²) in [6, 6.07) is 7.91. The molecular formula is C18H21BrF3N5O3. The Balaban J connectivity index is 0.000000396. The number of hydrogen-bond acceptors (Lipinski definition) is 5. The largest absolute Gasteiger partial charge is 0.490 e. The lowest BCUT2D eigenvalue weighted by molar-refractivity contribution is -0.192. The molecule has 0 aliphatic carbocycles. The molecule has 1 atom stereocenters. The molecular weight excluding hydrogens is 471 g/mol. The van der Waals surface area contributed by atoms with Crippen LogP contribution in [0.1, 0.15) is 36.2 Å². The van der Waals surface area contributed by atoms with E-state index < -0.39 is 12.1 Å². The van der Waals surface area contributed by atoms with Crippen LogP contribution >= 0.6 is 15.9 Å². The molecule has 1 amide bonds. The van der Waals surface area contributed by atoms with E-state index in [1.165, 1.54) is 0 Å². The van der Waals surface area contributed by atoms with Crippen molar-refractivity contribution in [2.45, 2.75) is 37.9 Å². The lowest BCUT2D eigenvalue weighted by Crippen LogP contribution is -2.38. The summed E-state index contributed by atoms with van der Waals surface area (Å²) >= 11 is 3.43. The quantitative estimate of drug-likeness (QED) is 0.608. The van der Waals surface area contributed by atoms with Crippen LogP contribution < -0.4 is 10.6 Å². The molecule has 1 fully saturated rings. The lowest BCUT2D eigenvalue weighted by Gasteiger charge is -2.20. The van der Waals surface area contributed by atoms with Gasteiger partial charge in [-0.2, -0.15) is 13.2 Å². The number of benzene rings is 1. The first-order chi connectivity index (χ1) is 14.2. The van der Waals surface area contributed by atoms with Crippen LogP contribution in [0.2, 0.25) is 0 Å². The Morgan fingerprint density at radius 2 is 1.97 bits per heavy atom. The number of amides is 1. The van der Waals surface area contributed by atoms with Gasteiger partial charge in [0.2, 0.25) is 0 Å². The van der Waals surface area contributed by atoms with Gasteiger partial charge in [-0.1, -0.05) is 33.6 Å². The third-order valence-electron chi connectivity index (χ3n) is 4.20. The number of alkyl halides is 3. The SMILES string of the molecule is O=C(NC1CCCCNCC1)c1cn(-c2cccc(Br)c2)nn1.O=C(O)C(F)(F)F. The van der Waals surface area contributed by atoms with Gasteiger partial charge >= 0.3 is 12.1 Å². The Kier molecular flexibility index (Phi) is 8.78. The number of carboxylic acid groups (broad SMARTS) is 1. The molecule has 0 saturated carbocycles. The van der Waals surface area contributed by atoms with Gasteiger partial charge < -0.3 is 15.7 Å². The second kappa shape index (κ2) is 11.1. The number of rotatable bonds is 3. The Labute approximate surface area is 179 Å². The van der Waals surface area contributed by atoms with Crippen LogP contribution in [0.5, 0.6) is 0 Å². The number of hydrogen-bond donors (Lipinski definition) is 3. The second-order valence-corrected chi connectivity index (χ2v) is 7.45. The summed E-state index contributed by atoms with van der Waals surface area (Å²) in [6.07, 6.45) is 0.838. The highest BCUT2D eigenvalue weighted by Gasteiger charge is 2.38. The van der Waals surface area contributed by atoms with Crippen molar-refractivity contribution < 1.29 is 27.9 Å². The summed E-state index contributed by atoms with van der Waals surface area (Å²) in [4.78, 5) is 21.3. The molecule has 8 nitrogen and oxygen atoms in total. The van der Waals surface area contributed by atoms with Crippen molar-refractivity contribution in [3.63, 3.8) is 0 Å². The molecule has 1 aromatic heterocycles. The van der Waals surface area contributed by atoms with Crippen molar-refractivity contribution in [1.29, 1.82) is 0 Å². The van der Waals surface area contributed by atoms with Gasteiger partial charge in [-0.05, 0) is 50.6 Å². The van der Waals surface area contributed by atoms with Gasteiger partial charge in [-0.25, -0.2) is 9.48 Å². The van der Waals surface area contributed by atoms with Crippen molar-refractivity contribution >= 4 is 27.8 Å². The van der Waals surface area contributed by atoms with Gasteiger partial charge in [-0.3, -0.25) is 4.79 Å². The molecule has 12 heteroatoms. The van der Waals surface area contributed by atoms with Crippen LogP contribution in [0.4, 0.5) is 13.2 Å². The highest BCUT2D eigenvalue weighted by atomic mass is 79.9. The third-order valence-corrected chi connectivity index (χ3v) is 4.70. The first-order valence-electron chi connectivity index (χ1n) is 9.17. The summed E-state index contributed by atoms with van der Waals surface area (Å²) in [5.74, 6) is -2.91. The van der Waals surface area contributed by atoms with Crippen LogP contribution in [-0.2, 0) is 4.79 Å². The number of nitrogens with zero attached hydrogens (tertiary/aromatic N) is 3. The highest BCUT2D eigenvalue weighted by molar-refractivity contribution is 9.10. The van der Waals surface area contributed by atoms with Crippen molar-refractivity contribution in [3.8, 4) is 5.69 Å². The van der Waals surface area contributed by atoms with Gasteiger partial charge in [0.05, 0.1) is 11.9 Å². The van der Waals surface area contributed by atoms with Crippen LogP contribution in [0.15, 0.2) is 34.9 Å². The zero-order chi connectivity index (χ0) is 22.1. The van der Waals surface area contributed by atoms with E-state index in [1.807, 2.05) is 24.3 Å². The van der Waals surface area contributed by atoms with E-state index in [0.29, 0.717) is 5.69 Å². The van der Waals surface area contributed by atoms with Gasteiger partial charge in [0.1, 0.15) is 0 Å². The normalized spacial score (nSPS) is 17.1. The first-order valence-corrected chi connectivity index (χ1v) is 9.96. The van der Waals surface area contributed by atoms with Crippen LogP contribution in [0.3, 0.4) is 0 Å². The monoisotopic (exact) mass is 491 g/mol. The molecule has 1 aliphatic rings. The third kappa shape index (κ3) is 7.75. The standard InChI is InChI=1S/C16H20BrN5O.C2HF3O2/c17-12-4-3-6-14(10-12)22-11-15(20-21-22)16(23)19-13-5-1-2-8-18-9-7-13;3-2(4,5)1(6)7/h3-4,6,10-11,13,18H,1-2,5,7-9H2,(H,19,23);(H,6,7). The number of carboxylic acids is 1. The van der Waals surface area contributed by atoms with Crippen LogP contribution in [0.25, 0.3) is 5.69 Å². The Morgan fingerprint density at radius 3 is 2.63 bits per heavy atom. The number of carbonyl (C=O) groups excluding carboxylic acids is 1. The molecule has 1 aliphatic heterocycles. The van der Waals surface area contributed by atoms with E-state index in [9.17, 15) is 18.0 Å². The van der Waals surface area contributed by atoms with Crippen LogP contribution in [-0.4, -0.2) is 57.3 Å². The minimum absolute atomic E-state index is 0.156. The fourth-order valence-electron chi connectivity index (χ4n) is 2.70. The molecule has 1 saturated heterocycles. The molecule has 3 rings (SSSR count). The minimum atomic E-state index is -5.08. The summed E-state index contributed by atoms with van der Waals surface area (Å²) in [5, 5.41) is 21.6. The Morgan fingerprint density at radius 1 is 1.23 bits per heavy atom. The summed E-state index contributed by atoms with van der Waals surface area (Å²) in [6.45, 7) is 2.01. The average Bonchev–Trinajstić information content (AvgIpc) is 3.14. The molecule has 3 N–H and O–H groups in total. The number of halogens is 4. The summed E-state index contributed by atoms with van der Waals surface area (Å²) in [7, 11) is 0. The molecule has 2 heterocycles. The van der Waals surface area contributed by atoms with E-state index in [1.54, 1.807) is 10.9 Å². The van der Waals surface area contributed by atoms with Gasteiger partial charge in [0.25, 0.3) is 5.91 Å². The van der Waals surface area contributed by atoms with Crippen molar-refractivity contribution in [2.75, 3.05) is 13.1 Å². The Hall–Kier alpha value is -2.47. The van der Waals surface area contributed by atoms with E-state index in [4.69, 9.17) is 9.90 Å². The van der Waals surface area contributed by atoms with E-state index in [0.717, 1.165) is 48.9 Å². The zero-order valence-corrected chi connectivity index (χ0v) is 17.4. The molecule has 0 bridgehead atoms. The van der Waals surface area contributed by atoms with Crippen molar-refractivity contribution in [1.82, 2.24) is 25.6 Å². The number of aliphatic carboxylic acids is 1. The van der Waals surface area contributed by atoms with E-state index >= 15 is 0 Å². The maximum absolute atomic E-state index is 12.4. The highest BCUT2D eigenvalue weighted by Crippen LogP contribution is 2.15. The van der Waals surface area contributed by atoms with Gasteiger partial charge in [-0.15, -0.1) is 5.10 Å². The molecule has 164 valence electrons. The molecule has 2 aromatic rings. The first kappa shape index (κ1) is 23.8. The van der Waals surface area contributed by atoms with E-state index in [-0.39, 0.29) is 11.9 Å². The minimum Gasteiger partial charge on any atom is -0.475 e. The maximum Gasteiger partial charge on any atom is 0.490 e. The van der Waals surface area contributed by atoms with Gasteiger partial charge in [0, 0.05) is 10.5 Å². The number of carbonyl (C=O) groups is 2. The van der Waals surface area contributed by atoms with Crippen molar-refractivity contribution in [2.24, 2.45) is 0 Å². The van der Waals surface area contributed by atoms with Crippen molar-refractivity contribution in [3.05, 3.63) is 40.6 Å². The van der Waals surface area contributed by atoms with E-state index in [2.05, 4.69) is 36.9 Å². The predicted molar refractivity (Wildman–Crippen MR) is 105 cm³/mol. The zero-order valence-electron chi connectivity index (χ0n) is 15.8. The Bertz CT molecular complexity index is 852. The predicted octanol–water partition coefficient (Wildman–Crippen LogP) is 2.93. The molecule has 30 heavy (non-hydrogen) atoms. The molecule has 0 radical (unpaired) electrons. The average molecular weight is 492 g/mol. The maximum atomic E-state index is 12.4. The fraction of sp³-hybridized carbons (Fsp3) is 0.444. The van der Waals surface area contributed by atoms with Gasteiger partial charge in [0.15, 0.2) is 5.69 Å². The number of aromatic nitrogens is 3. The second-order valence-electron chi connectivity index (χ2n) is 6.54. The lowest BCUT2D eigenvalue weighted by atomic mass is 10.0. The summed E-state index contributed by atoms with van der Waals surface area (Å²) < 4.78 is 34.3. The summed E-state index contributed by atoms with van der Waals surface area (Å²) in [5.41, 5.74) is 1.21.